The minimum absolute atomic E-state index is 0.297. The van der Waals surface area contributed by atoms with Crippen molar-refractivity contribution in [2.45, 2.75) is 13.8 Å². The van der Waals surface area contributed by atoms with Crippen LogP contribution in [-0.2, 0) is 4.79 Å². The zero-order valence-corrected chi connectivity index (χ0v) is 16.4. The topological polar surface area (TPSA) is 64.9 Å². The summed E-state index contributed by atoms with van der Waals surface area (Å²) in [7, 11) is 3.02. The van der Waals surface area contributed by atoms with Crippen LogP contribution < -0.4 is 14.8 Å². The van der Waals surface area contributed by atoms with Crippen LogP contribution in [0.1, 0.15) is 16.3 Å². The fraction of sp³-hybridized carbons (Fsp3) is 0.222. The molecule has 8 heteroatoms. The lowest BCUT2D eigenvalue weighted by Crippen LogP contribution is -2.09. The second-order valence-electron chi connectivity index (χ2n) is 5.59. The van der Waals surface area contributed by atoms with Gasteiger partial charge in [0.05, 0.1) is 36.3 Å². The molecule has 0 fully saturated rings. The largest absolute Gasteiger partial charge is 0.495 e. The highest BCUT2D eigenvalue weighted by Gasteiger charge is 2.12. The predicted octanol–water partition coefficient (Wildman–Crippen LogP) is 4.34. The van der Waals surface area contributed by atoms with E-state index in [1.54, 1.807) is 29.5 Å². The Morgan fingerprint density at radius 1 is 1.27 bits per heavy atom. The number of ether oxygens (including phenoxy) is 2. The molecule has 0 unspecified atom stereocenters. The van der Waals surface area contributed by atoms with Crippen molar-refractivity contribution in [2.75, 3.05) is 19.5 Å². The van der Waals surface area contributed by atoms with Crippen molar-refractivity contribution < 1.29 is 14.3 Å². The van der Waals surface area contributed by atoms with E-state index in [1.165, 1.54) is 20.3 Å². The Morgan fingerprint density at radius 3 is 2.69 bits per heavy atom. The van der Waals surface area contributed by atoms with Crippen LogP contribution in [0.2, 0.25) is 5.02 Å². The Morgan fingerprint density at radius 2 is 2.00 bits per heavy atom. The van der Waals surface area contributed by atoms with Crippen molar-refractivity contribution in [3.8, 4) is 11.5 Å². The molecule has 2 aromatic heterocycles. The first-order valence-electron chi connectivity index (χ1n) is 7.78. The van der Waals surface area contributed by atoms with Gasteiger partial charge in [-0.15, -0.1) is 11.3 Å². The summed E-state index contributed by atoms with van der Waals surface area (Å²) in [4.78, 5) is 18.9. The van der Waals surface area contributed by atoms with E-state index in [0.29, 0.717) is 22.2 Å². The molecule has 0 aliphatic carbocycles. The molecule has 0 radical (unpaired) electrons. The minimum Gasteiger partial charge on any atom is -0.495 e. The number of hydrogen-bond donors (Lipinski definition) is 1. The molecular formula is C18H18ClN3O3S. The Hall–Kier alpha value is -2.51. The molecule has 0 saturated carbocycles. The van der Waals surface area contributed by atoms with Crippen molar-refractivity contribution in [1.29, 1.82) is 0 Å². The predicted molar refractivity (Wildman–Crippen MR) is 105 cm³/mol. The number of aryl methyl sites for hydroxylation is 2. The molecule has 3 rings (SSSR count). The lowest BCUT2D eigenvalue weighted by Gasteiger charge is -2.12. The molecule has 0 bridgehead atoms. The number of methoxy groups -OCH3 is 2. The van der Waals surface area contributed by atoms with E-state index in [9.17, 15) is 4.79 Å². The first kappa shape index (κ1) is 18.3. The number of fused-ring (bicyclic) bond motifs is 1. The molecule has 3 aromatic rings. The molecule has 1 N–H and O–H groups in total. The van der Waals surface area contributed by atoms with Gasteiger partial charge in [0.2, 0.25) is 5.91 Å². The number of halogens is 1. The van der Waals surface area contributed by atoms with Crippen molar-refractivity contribution in [3.05, 3.63) is 45.7 Å². The first-order valence-corrected chi connectivity index (χ1v) is 8.98. The van der Waals surface area contributed by atoms with Crippen LogP contribution in [0, 0.1) is 13.8 Å². The summed E-state index contributed by atoms with van der Waals surface area (Å²) in [5.74, 6) is 0.608. The standard InChI is InChI=1S/C18H18ClN3O3S/c1-10-9-22-14(11(2)20-18(22)26-10)5-6-17(23)21-13-8-15(24-3)12(19)7-16(13)25-4/h5-9H,1-4H3,(H,21,23)/b6-5+. The number of rotatable bonds is 5. The summed E-state index contributed by atoms with van der Waals surface area (Å²) in [6.45, 7) is 3.94. The summed E-state index contributed by atoms with van der Waals surface area (Å²) >= 11 is 7.69. The Balaban J connectivity index is 1.84. The Bertz CT molecular complexity index is 1010. The number of benzene rings is 1. The smallest absolute Gasteiger partial charge is 0.248 e. The van der Waals surface area contributed by atoms with Crippen molar-refractivity contribution in [2.24, 2.45) is 0 Å². The summed E-state index contributed by atoms with van der Waals surface area (Å²) < 4.78 is 12.4. The maximum absolute atomic E-state index is 12.4. The van der Waals surface area contributed by atoms with Gasteiger partial charge in [-0.2, -0.15) is 0 Å². The third-order valence-electron chi connectivity index (χ3n) is 3.79. The van der Waals surface area contributed by atoms with Gasteiger partial charge in [-0.05, 0) is 19.9 Å². The van der Waals surface area contributed by atoms with Crippen molar-refractivity contribution >= 4 is 45.6 Å². The van der Waals surface area contributed by atoms with Crippen LogP contribution in [0.15, 0.2) is 24.4 Å². The molecule has 0 saturated heterocycles. The number of nitrogens with one attached hydrogen (secondary N) is 1. The number of anilines is 1. The third kappa shape index (κ3) is 3.54. The molecule has 1 aromatic carbocycles. The molecule has 2 heterocycles. The Kier molecular flexibility index (Phi) is 5.20. The number of imidazole rings is 1. The lowest BCUT2D eigenvalue weighted by molar-refractivity contribution is -0.111. The molecule has 0 spiro atoms. The first-order chi connectivity index (χ1) is 12.4. The number of thiazole rings is 1. The van der Waals surface area contributed by atoms with Gasteiger partial charge in [0.15, 0.2) is 4.96 Å². The fourth-order valence-corrected chi connectivity index (χ4v) is 3.68. The second kappa shape index (κ2) is 7.39. The molecule has 136 valence electrons. The van der Waals surface area contributed by atoms with Crippen LogP contribution in [0.4, 0.5) is 5.69 Å². The normalized spacial score (nSPS) is 11.3. The van der Waals surface area contributed by atoms with E-state index < -0.39 is 0 Å². The molecule has 0 aliphatic rings. The SMILES string of the molecule is COc1cc(NC(=O)/C=C/c2c(C)nc3sc(C)cn23)c(OC)cc1Cl. The highest BCUT2D eigenvalue weighted by molar-refractivity contribution is 7.17. The zero-order valence-electron chi connectivity index (χ0n) is 14.8. The number of carbonyl (C=O) groups is 1. The van der Waals surface area contributed by atoms with Gasteiger partial charge in [-0.3, -0.25) is 9.20 Å². The average Bonchev–Trinajstić information content (AvgIpc) is 3.09. The summed E-state index contributed by atoms with van der Waals surface area (Å²) in [5.41, 5.74) is 2.22. The van der Waals surface area contributed by atoms with Gasteiger partial charge in [-0.25, -0.2) is 4.98 Å². The maximum atomic E-state index is 12.4. The van der Waals surface area contributed by atoms with E-state index in [-0.39, 0.29) is 5.91 Å². The number of nitrogens with zero attached hydrogens (tertiary/aromatic N) is 2. The van der Waals surface area contributed by atoms with Gasteiger partial charge < -0.3 is 14.8 Å². The highest BCUT2D eigenvalue weighted by atomic mass is 35.5. The summed E-state index contributed by atoms with van der Waals surface area (Å²) in [5, 5.41) is 3.19. The number of hydrogen-bond acceptors (Lipinski definition) is 5. The van der Waals surface area contributed by atoms with E-state index in [1.807, 2.05) is 24.4 Å². The molecule has 26 heavy (non-hydrogen) atoms. The zero-order chi connectivity index (χ0) is 18.8. The summed E-state index contributed by atoms with van der Waals surface area (Å²) in [6, 6.07) is 3.22. The van der Waals surface area contributed by atoms with Gasteiger partial charge in [-0.1, -0.05) is 11.6 Å². The molecule has 0 aliphatic heterocycles. The van der Waals surface area contributed by atoms with Crippen LogP contribution in [0.5, 0.6) is 11.5 Å². The molecule has 0 atom stereocenters. The van der Waals surface area contributed by atoms with E-state index in [4.69, 9.17) is 21.1 Å². The monoisotopic (exact) mass is 391 g/mol. The van der Waals surface area contributed by atoms with Gasteiger partial charge in [0, 0.05) is 29.3 Å². The van der Waals surface area contributed by atoms with Crippen LogP contribution in [-0.4, -0.2) is 29.5 Å². The Labute approximate surface area is 160 Å². The van der Waals surface area contributed by atoms with Crippen LogP contribution >= 0.6 is 22.9 Å². The highest BCUT2D eigenvalue weighted by Crippen LogP contribution is 2.35. The molecule has 1 amide bonds. The molecule has 6 nitrogen and oxygen atoms in total. The minimum atomic E-state index is -0.297. The fourth-order valence-electron chi connectivity index (χ4n) is 2.57. The van der Waals surface area contributed by atoms with E-state index >= 15 is 0 Å². The maximum Gasteiger partial charge on any atom is 0.248 e. The van der Waals surface area contributed by atoms with Gasteiger partial charge >= 0.3 is 0 Å². The van der Waals surface area contributed by atoms with E-state index in [2.05, 4.69) is 10.3 Å². The number of aromatic nitrogens is 2. The van der Waals surface area contributed by atoms with Gasteiger partial charge in [0.1, 0.15) is 11.5 Å². The third-order valence-corrected chi connectivity index (χ3v) is 4.98. The van der Waals surface area contributed by atoms with Crippen LogP contribution in [0.25, 0.3) is 11.0 Å². The lowest BCUT2D eigenvalue weighted by atomic mass is 10.2. The summed E-state index contributed by atoms with van der Waals surface area (Å²) in [6.07, 6.45) is 5.21. The molecular weight excluding hydrogens is 374 g/mol. The average molecular weight is 392 g/mol. The number of carbonyl (C=O) groups excluding carboxylic acids is 1. The number of amides is 1. The van der Waals surface area contributed by atoms with Crippen molar-refractivity contribution in [3.63, 3.8) is 0 Å². The van der Waals surface area contributed by atoms with Gasteiger partial charge in [0.25, 0.3) is 0 Å². The second-order valence-corrected chi connectivity index (χ2v) is 7.21. The van der Waals surface area contributed by atoms with Crippen molar-refractivity contribution in [1.82, 2.24) is 9.38 Å². The quantitative estimate of drug-likeness (QED) is 0.657. The van der Waals surface area contributed by atoms with Crippen LogP contribution in [0.3, 0.4) is 0 Å². The van der Waals surface area contributed by atoms with E-state index in [0.717, 1.165) is 21.2 Å².